The van der Waals surface area contributed by atoms with Gasteiger partial charge in [-0.25, -0.2) is 4.98 Å². The molecule has 0 fully saturated rings. The number of hydrogen-bond acceptors (Lipinski definition) is 3. The maximum atomic E-state index is 4.75. The van der Waals surface area contributed by atoms with Crippen molar-refractivity contribution in [3.05, 3.63) is 18.7 Å². The molecule has 5 heteroatoms. The van der Waals surface area contributed by atoms with Crippen molar-refractivity contribution in [2.45, 2.75) is 0 Å². The van der Waals surface area contributed by atoms with Gasteiger partial charge in [0.1, 0.15) is 0 Å². The van der Waals surface area contributed by atoms with Gasteiger partial charge >= 0.3 is 31.7 Å². The molecule has 9 heavy (non-hydrogen) atoms. The molecule has 1 rings (SSSR count). The molecule has 0 unspecified atom stereocenters. The molecule has 1 aromatic rings. The van der Waals surface area contributed by atoms with Crippen LogP contribution in [-0.4, -0.2) is 30.2 Å². The molecule has 0 bridgehead atoms. The first-order chi connectivity index (χ1) is 4.23. The second-order valence-corrected chi connectivity index (χ2v) is 2.15. The van der Waals surface area contributed by atoms with E-state index in [0.717, 1.165) is 0 Å². The van der Waals surface area contributed by atoms with Crippen LogP contribution in [0.25, 0.3) is 0 Å². The number of rotatable bonds is 0. The molecule has 0 aliphatic heterocycles. The zero-order chi connectivity index (χ0) is 7.11. The van der Waals surface area contributed by atoms with Crippen molar-refractivity contribution < 1.29 is 0 Å². The van der Waals surface area contributed by atoms with Crippen molar-refractivity contribution in [1.82, 2.24) is 9.97 Å². The third-order valence-electron chi connectivity index (χ3n) is 0.406. The summed E-state index contributed by atoms with van der Waals surface area (Å²) in [4.78, 5) is 6.42. The van der Waals surface area contributed by atoms with Crippen molar-refractivity contribution in [2.24, 2.45) is 11.5 Å². The van der Waals surface area contributed by atoms with Gasteiger partial charge in [-0.3, -0.25) is 0 Å². The molecule has 0 aliphatic rings. The van der Waals surface area contributed by atoms with Crippen LogP contribution in [0.1, 0.15) is 0 Å². The van der Waals surface area contributed by atoms with Crippen molar-refractivity contribution >= 4 is 20.2 Å². The first-order valence-electron chi connectivity index (χ1n) is 2.21. The van der Waals surface area contributed by atoms with E-state index in [9.17, 15) is 0 Å². The van der Waals surface area contributed by atoms with Gasteiger partial charge in [0, 0.05) is 12.4 Å². The average Bonchev–Trinajstić information content (AvgIpc) is 2.11. The third kappa shape index (κ3) is 11.0. The molecule has 4 nitrogen and oxygen atoms in total. The number of nitrogens with zero attached hydrogens (tertiary/aromatic N) is 1. The van der Waals surface area contributed by atoms with Crippen LogP contribution >= 0.6 is 0 Å². The monoisotopic (exact) mass is 192 g/mol. The smallest absolute Gasteiger partial charge is 0.0919 e. The minimum absolute atomic E-state index is 0.292. The van der Waals surface area contributed by atoms with Crippen LogP contribution in [0.5, 0.6) is 0 Å². The van der Waals surface area contributed by atoms with Crippen LogP contribution in [0.2, 0.25) is 0 Å². The largest absolute Gasteiger partial charge is 0.351 e. The molecule has 50 valence electrons. The van der Waals surface area contributed by atoms with Gasteiger partial charge < -0.3 is 4.98 Å². The maximum absolute atomic E-state index is 4.75. The van der Waals surface area contributed by atoms with E-state index in [2.05, 4.69) is 25.5 Å². The molecule has 0 saturated heterocycles. The molecule has 0 amide bonds. The van der Waals surface area contributed by atoms with Gasteiger partial charge in [-0.1, -0.05) is 0 Å². The molecular weight excluding hydrogens is 183 g/mol. The van der Waals surface area contributed by atoms with E-state index in [1.807, 2.05) is 0 Å². The molecule has 0 spiro atoms. The third-order valence-corrected chi connectivity index (χ3v) is 0.406. The predicted octanol–water partition coefficient (Wildman–Crippen LogP) is -1.43. The van der Waals surface area contributed by atoms with Crippen LogP contribution in [-0.2, 0) is 0 Å². The zero-order valence-electron chi connectivity index (χ0n) is 4.74. The Morgan fingerprint density at radius 3 is 2.22 bits per heavy atom. The van der Waals surface area contributed by atoms with Gasteiger partial charge in [0.05, 0.1) is 6.33 Å². The summed E-state index contributed by atoms with van der Waals surface area (Å²) in [5.41, 5.74) is 9.50. The number of imidazole rings is 1. The second kappa shape index (κ2) is 5.34. The fourth-order valence-corrected chi connectivity index (χ4v) is 0.215. The van der Waals surface area contributed by atoms with Crippen LogP contribution in [0.15, 0.2) is 18.7 Å². The fourth-order valence-electron chi connectivity index (χ4n) is 0.215. The van der Waals surface area contributed by atoms with Crippen molar-refractivity contribution in [3.8, 4) is 0 Å². The maximum Gasteiger partial charge on any atom is 0.0919 e. The summed E-state index contributed by atoms with van der Waals surface area (Å²) in [6.07, 6.45) is 5.08. The van der Waals surface area contributed by atoms with E-state index >= 15 is 0 Å². The average molecular weight is 191 g/mol. The minimum Gasteiger partial charge on any atom is -0.351 e. The molecule has 0 aliphatic carbocycles. The zero-order valence-corrected chi connectivity index (χ0v) is 6.46. The van der Waals surface area contributed by atoms with Gasteiger partial charge in [0.25, 0.3) is 0 Å². The first-order valence-corrected chi connectivity index (χ1v) is 3.07. The van der Waals surface area contributed by atoms with Gasteiger partial charge in [0.15, 0.2) is 0 Å². The minimum atomic E-state index is 0.292. The van der Waals surface area contributed by atoms with Crippen LogP contribution < -0.4 is 11.5 Å². The molecule has 0 atom stereocenters. The Bertz CT molecular complexity index is 126. The van der Waals surface area contributed by atoms with Gasteiger partial charge in [-0.15, -0.1) is 0 Å². The molecule has 5 N–H and O–H groups in total. The standard InChI is InChI=1S/C3H4N2.CH4N2Se/c1-2-5-3-4-1;2-1(3)4/h1-3H,(H,4,5);(H4,2,3,4). The first kappa shape index (κ1) is 8.20. The van der Waals surface area contributed by atoms with Crippen LogP contribution in [0.4, 0.5) is 0 Å². The summed E-state index contributed by atoms with van der Waals surface area (Å²) in [5, 5.41) is 0. The number of aromatic amines is 1. The predicted molar refractivity (Wildman–Crippen MR) is 37.7 cm³/mol. The Kier molecular flexibility index (Phi) is 4.86. The van der Waals surface area contributed by atoms with E-state index in [1.54, 1.807) is 18.7 Å². The normalized spacial score (nSPS) is 7.11. The molecular formula is C4H8N4Se. The van der Waals surface area contributed by atoms with E-state index in [-0.39, 0.29) is 0 Å². The Balaban J connectivity index is 0.000000148. The Labute approximate surface area is 61.0 Å². The topological polar surface area (TPSA) is 80.7 Å². The number of hydrogen-bond donors (Lipinski definition) is 3. The van der Waals surface area contributed by atoms with Gasteiger partial charge in [-0.2, -0.15) is 0 Å². The summed E-state index contributed by atoms with van der Waals surface area (Å²) in [7, 11) is 0. The Hall–Kier alpha value is -0.801. The second-order valence-electron chi connectivity index (χ2n) is 1.16. The summed E-state index contributed by atoms with van der Waals surface area (Å²) in [6.45, 7) is 0. The van der Waals surface area contributed by atoms with E-state index in [0.29, 0.717) is 4.67 Å². The Morgan fingerprint density at radius 1 is 1.56 bits per heavy atom. The number of nitrogens with two attached hydrogens (primary N) is 2. The summed E-state index contributed by atoms with van der Waals surface area (Å²) in [6, 6.07) is 0. The Morgan fingerprint density at radius 2 is 2.11 bits per heavy atom. The summed E-state index contributed by atoms with van der Waals surface area (Å²) < 4.78 is 0.292. The summed E-state index contributed by atoms with van der Waals surface area (Å²) in [5.74, 6) is 0. The van der Waals surface area contributed by atoms with Gasteiger partial charge in [-0.05, 0) is 0 Å². The number of H-pyrrole nitrogens is 1. The van der Waals surface area contributed by atoms with E-state index in [1.165, 1.54) is 0 Å². The van der Waals surface area contributed by atoms with E-state index < -0.39 is 0 Å². The number of nitrogens with one attached hydrogen (secondary N) is 1. The molecule has 0 radical (unpaired) electrons. The van der Waals surface area contributed by atoms with Crippen LogP contribution in [0.3, 0.4) is 0 Å². The quantitative estimate of drug-likeness (QED) is 0.440. The SMILES string of the molecule is NC(N)=[Se].c1c[nH]cn1. The summed E-state index contributed by atoms with van der Waals surface area (Å²) >= 11 is 2.38. The van der Waals surface area contributed by atoms with Crippen molar-refractivity contribution in [3.63, 3.8) is 0 Å². The fraction of sp³-hybridized carbons (Fsp3) is 0. The molecule has 0 aromatic carbocycles. The van der Waals surface area contributed by atoms with Crippen molar-refractivity contribution in [1.29, 1.82) is 0 Å². The molecule has 1 heterocycles. The molecule has 0 saturated carbocycles. The van der Waals surface area contributed by atoms with E-state index in [4.69, 9.17) is 11.5 Å². The van der Waals surface area contributed by atoms with Crippen molar-refractivity contribution in [2.75, 3.05) is 0 Å². The number of aromatic nitrogens is 2. The van der Waals surface area contributed by atoms with Gasteiger partial charge in [0.2, 0.25) is 0 Å². The van der Waals surface area contributed by atoms with Crippen LogP contribution in [0, 0.1) is 0 Å². The molecule has 1 aromatic heterocycles.